The molecule has 0 radical (unpaired) electrons. The number of hydrogen-bond donors (Lipinski definition) is 2. The Kier molecular flexibility index (Phi) is 5.65. The maximum absolute atomic E-state index is 13.1. The molecule has 3 rings (SSSR count). The number of rotatable bonds is 2. The zero-order valence-corrected chi connectivity index (χ0v) is 14.6. The number of nitrogens with one attached hydrogen (secondary N) is 1. The second kappa shape index (κ2) is 7.34. The summed E-state index contributed by atoms with van der Waals surface area (Å²) in [6.07, 6.45) is -9.70. The summed E-state index contributed by atoms with van der Waals surface area (Å²) in [5, 5.41) is 12.7. The minimum atomic E-state index is -4.93. The van der Waals surface area contributed by atoms with Gasteiger partial charge >= 0.3 is 12.5 Å². The van der Waals surface area contributed by atoms with E-state index in [2.05, 4.69) is 4.74 Å². The SMILES string of the molecule is CC.O=C1Nc2c(C(F)(F)F)cccc2C1(O)c1ccc(OC(F)(F)F)cc1. The van der Waals surface area contributed by atoms with Gasteiger partial charge in [-0.2, -0.15) is 13.2 Å². The molecule has 0 saturated heterocycles. The van der Waals surface area contributed by atoms with Crippen molar-refractivity contribution in [3.63, 3.8) is 0 Å². The predicted octanol–water partition coefficient (Wildman–Crippen LogP) is 4.82. The molecule has 152 valence electrons. The van der Waals surface area contributed by atoms with Crippen LogP contribution in [0.3, 0.4) is 0 Å². The van der Waals surface area contributed by atoms with Gasteiger partial charge in [-0.25, -0.2) is 0 Å². The van der Waals surface area contributed by atoms with Crippen LogP contribution < -0.4 is 10.1 Å². The van der Waals surface area contributed by atoms with Crippen LogP contribution in [0.2, 0.25) is 0 Å². The van der Waals surface area contributed by atoms with Gasteiger partial charge in [-0.3, -0.25) is 4.79 Å². The van der Waals surface area contributed by atoms with Crippen molar-refractivity contribution in [3.8, 4) is 5.75 Å². The van der Waals surface area contributed by atoms with Gasteiger partial charge in [-0.1, -0.05) is 38.1 Å². The molecule has 1 atom stereocenters. The molecule has 1 heterocycles. The van der Waals surface area contributed by atoms with E-state index in [-0.39, 0.29) is 11.1 Å². The van der Waals surface area contributed by atoms with Crippen molar-refractivity contribution in [1.29, 1.82) is 0 Å². The van der Waals surface area contributed by atoms with Gasteiger partial charge in [0.1, 0.15) is 5.75 Å². The highest BCUT2D eigenvalue weighted by molar-refractivity contribution is 6.08. The highest BCUT2D eigenvalue weighted by Crippen LogP contribution is 2.46. The van der Waals surface area contributed by atoms with Crippen LogP contribution in [0.1, 0.15) is 30.5 Å². The molecule has 1 aliphatic heterocycles. The Morgan fingerprint density at radius 1 is 0.964 bits per heavy atom. The molecule has 1 amide bonds. The Labute approximate surface area is 155 Å². The number of carbonyl (C=O) groups is 1. The Hall–Kier alpha value is -2.75. The van der Waals surface area contributed by atoms with Gasteiger partial charge in [0.25, 0.3) is 5.91 Å². The summed E-state index contributed by atoms with van der Waals surface area (Å²) in [6.45, 7) is 4.00. The van der Waals surface area contributed by atoms with Crippen LogP contribution in [0.15, 0.2) is 42.5 Å². The average Bonchev–Trinajstić information content (AvgIpc) is 2.87. The van der Waals surface area contributed by atoms with Crippen LogP contribution in [0, 0.1) is 0 Å². The van der Waals surface area contributed by atoms with Crippen LogP contribution >= 0.6 is 0 Å². The van der Waals surface area contributed by atoms with Gasteiger partial charge in [0.2, 0.25) is 0 Å². The lowest BCUT2D eigenvalue weighted by atomic mass is 9.87. The summed E-state index contributed by atoms with van der Waals surface area (Å²) in [7, 11) is 0. The summed E-state index contributed by atoms with van der Waals surface area (Å²) in [5.41, 5.74) is -4.77. The fourth-order valence-electron chi connectivity index (χ4n) is 2.74. The molecule has 0 aromatic heterocycles. The van der Waals surface area contributed by atoms with E-state index in [0.29, 0.717) is 0 Å². The Morgan fingerprint density at radius 3 is 2.04 bits per heavy atom. The smallest absolute Gasteiger partial charge is 0.406 e. The lowest BCUT2D eigenvalue weighted by Gasteiger charge is -2.22. The number of benzene rings is 2. The first-order valence-electron chi connectivity index (χ1n) is 8.04. The van der Waals surface area contributed by atoms with Crippen LogP contribution in [-0.2, 0) is 16.6 Å². The van der Waals surface area contributed by atoms with E-state index in [9.17, 15) is 36.2 Å². The number of para-hydroxylation sites is 1. The molecule has 2 aromatic carbocycles. The summed E-state index contributed by atoms with van der Waals surface area (Å²) >= 11 is 0. The number of amides is 1. The Balaban J connectivity index is 0.00000136. The first kappa shape index (κ1) is 21.5. The molecule has 0 bridgehead atoms. The second-order valence-corrected chi connectivity index (χ2v) is 5.46. The number of alkyl halides is 6. The minimum absolute atomic E-state index is 0.206. The lowest BCUT2D eigenvalue weighted by Crippen LogP contribution is -2.35. The summed E-state index contributed by atoms with van der Waals surface area (Å²) in [6, 6.07) is 6.52. The molecular weight excluding hydrogens is 392 g/mol. The third kappa shape index (κ3) is 3.91. The zero-order chi connectivity index (χ0) is 21.3. The topological polar surface area (TPSA) is 58.6 Å². The van der Waals surface area contributed by atoms with Crippen molar-refractivity contribution in [1.82, 2.24) is 0 Å². The largest absolute Gasteiger partial charge is 0.573 e. The number of carbonyl (C=O) groups excluding carboxylic acids is 1. The van der Waals surface area contributed by atoms with Gasteiger partial charge < -0.3 is 15.2 Å². The number of anilines is 1. The Morgan fingerprint density at radius 2 is 1.54 bits per heavy atom. The summed E-state index contributed by atoms with van der Waals surface area (Å²) in [4.78, 5) is 12.2. The first-order chi connectivity index (χ1) is 12.9. The maximum Gasteiger partial charge on any atom is 0.573 e. The molecule has 0 saturated carbocycles. The highest BCUT2D eigenvalue weighted by atomic mass is 19.4. The minimum Gasteiger partial charge on any atom is -0.406 e. The Bertz CT molecular complexity index is 861. The molecule has 2 N–H and O–H groups in total. The standard InChI is InChI=1S/C16H9F6NO3.C2H6/c17-15(18,19)11-3-1-2-10-12(11)23-13(24)14(10,25)8-4-6-9(7-5-8)26-16(20,21)22;1-2/h1-7,25H,(H,23,24);1-2H3. The van der Waals surface area contributed by atoms with E-state index in [1.165, 1.54) is 0 Å². The third-order valence-corrected chi connectivity index (χ3v) is 3.83. The number of fused-ring (bicyclic) bond motifs is 1. The number of ether oxygens (including phenoxy) is 1. The van der Waals surface area contributed by atoms with Gasteiger partial charge in [-0.05, 0) is 23.8 Å². The monoisotopic (exact) mass is 407 g/mol. The van der Waals surface area contributed by atoms with Gasteiger partial charge in [-0.15, -0.1) is 13.2 Å². The summed E-state index contributed by atoms with van der Waals surface area (Å²) < 4.78 is 79.5. The molecule has 1 unspecified atom stereocenters. The molecular formula is C18H15F6NO3. The molecule has 1 aliphatic rings. The predicted molar refractivity (Wildman–Crippen MR) is 87.5 cm³/mol. The average molecular weight is 407 g/mol. The molecule has 10 heteroatoms. The van der Waals surface area contributed by atoms with E-state index in [4.69, 9.17) is 0 Å². The third-order valence-electron chi connectivity index (χ3n) is 3.83. The van der Waals surface area contributed by atoms with Crippen LogP contribution in [0.5, 0.6) is 5.75 Å². The van der Waals surface area contributed by atoms with Crippen LogP contribution in [0.25, 0.3) is 0 Å². The fraction of sp³-hybridized carbons (Fsp3) is 0.278. The lowest BCUT2D eigenvalue weighted by molar-refractivity contribution is -0.274. The molecule has 2 aromatic rings. The molecule has 4 nitrogen and oxygen atoms in total. The van der Waals surface area contributed by atoms with E-state index in [1.807, 2.05) is 19.2 Å². The second-order valence-electron chi connectivity index (χ2n) is 5.46. The number of halogens is 6. The van der Waals surface area contributed by atoms with E-state index in [0.717, 1.165) is 42.5 Å². The highest BCUT2D eigenvalue weighted by Gasteiger charge is 2.50. The molecule has 0 fully saturated rings. The van der Waals surface area contributed by atoms with Gasteiger partial charge in [0.15, 0.2) is 5.60 Å². The van der Waals surface area contributed by atoms with Crippen molar-refractivity contribution in [2.75, 3.05) is 5.32 Å². The van der Waals surface area contributed by atoms with Crippen molar-refractivity contribution < 1.29 is 41.0 Å². The zero-order valence-electron chi connectivity index (χ0n) is 14.6. The van der Waals surface area contributed by atoms with Crippen molar-refractivity contribution in [2.24, 2.45) is 0 Å². The van der Waals surface area contributed by atoms with E-state index < -0.39 is 41.0 Å². The van der Waals surface area contributed by atoms with Crippen molar-refractivity contribution in [2.45, 2.75) is 32.0 Å². The maximum atomic E-state index is 13.1. The fourth-order valence-corrected chi connectivity index (χ4v) is 2.74. The first-order valence-corrected chi connectivity index (χ1v) is 8.04. The molecule has 0 aliphatic carbocycles. The van der Waals surface area contributed by atoms with Gasteiger partial charge in [0, 0.05) is 5.56 Å². The van der Waals surface area contributed by atoms with Crippen LogP contribution in [0.4, 0.5) is 32.0 Å². The van der Waals surface area contributed by atoms with Crippen molar-refractivity contribution >= 4 is 11.6 Å². The quantitative estimate of drug-likeness (QED) is 0.702. The van der Waals surface area contributed by atoms with Crippen LogP contribution in [-0.4, -0.2) is 17.4 Å². The van der Waals surface area contributed by atoms with E-state index in [1.54, 1.807) is 0 Å². The summed E-state index contributed by atoms with van der Waals surface area (Å²) in [5.74, 6) is -1.75. The number of hydrogen-bond acceptors (Lipinski definition) is 3. The van der Waals surface area contributed by atoms with E-state index >= 15 is 0 Å². The normalized spacial score (nSPS) is 18.7. The number of aliphatic hydroxyl groups is 1. The molecule has 28 heavy (non-hydrogen) atoms. The van der Waals surface area contributed by atoms with Crippen molar-refractivity contribution in [3.05, 3.63) is 59.2 Å². The van der Waals surface area contributed by atoms with Gasteiger partial charge in [0.05, 0.1) is 11.3 Å². The molecule has 0 spiro atoms.